The van der Waals surface area contributed by atoms with Gasteiger partial charge in [-0.25, -0.2) is 0 Å². The van der Waals surface area contributed by atoms with Gasteiger partial charge in [-0.15, -0.1) is 0 Å². The number of hydrogen-bond donors (Lipinski definition) is 2. The van der Waals surface area contributed by atoms with E-state index in [0.29, 0.717) is 5.92 Å². The minimum absolute atomic E-state index is 0.110. The van der Waals surface area contributed by atoms with Crippen molar-refractivity contribution in [2.45, 2.75) is 46.1 Å². The standard InChI is InChI=1S/C15H24N2O/c1-5-11(4)14(16)15(18)17-13-8-6-12(7-9-13)10(2)3/h6-11,14H,5,16H2,1-4H3,(H,17,18)/t11-,14-/m0/s1. The molecular formula is C15H24N2O. The van der Waals surface area contributed by atoms with Gasteiger partial charge in [0, 0.05) is 5.69 Å². The van der Waals surface area contributed by atoms with Crippen LogP contribution in [0, 0.1) is 5.92 Å². The molecule has 0 bridgehead atoms. The van der Waals surface area contributed by atoms with Crippen LogP contribution in [-0.4, -0.2) is 11.9 Å². The van der Waals surface area contributed by atoms with E-state index < -0.39 is 6.04 Å². The molecule has 0 aliphatic heterocycles. The largest absolute Gasteiger partial charge is 0.325 e. The van der Waals surface area contributed by atoms with Gasteiger partial charge >= 0.3 is 0 Å². The summed E-state index contributed by atoms with van der Waals surface area (Å²) in [4.78, 5) is 11.9. The molecule has 0 aliphatic rings. The van der Waals surface area contributed by atoms with Crippen LogP contribution >= 0.6 is 0 Å². The summed E-state index contributed by atoms with van der Waals surface area (Å²) in [5.74, 6) is 0.582. The molecular weight excluding hydrogens is 224 g/mol. The highest BCUT2D eigenvalue weighted by molar-refractivity contribution is 5.94. The number of rotatable bonds is 5. The van der Waals surface area contributed by atoms with Crippen LogP contribution in [0.5, 0.6) is 0 Å². The quantitative estimate of drug-likeness (QED) is 0.841. The first-order valence-corrected chi connectivity index (χ1v) is 6.62. The summed E-state index contributed by atoms with van der Waals surface area (Å²) < 4.78 is 0. The number of carbonyl (C=O) groups is 1. The SMILES string of the molecule is CC[C@H](C)[C@H](N)C(=O)Nc1ccc(C(C)C)cc1. The zero-order chi connectivity index (χ0) is 13.7. The molecule has 0 radical (unpaired) electrons. The molecule has 0 aliphatic carbocycles. The van der Waals surface area contributed by atoms with Crippen molar-refractivity contribution in [1.82, 2.24) is 0 Å². The normalized spacial score (nSPS) is 14.3. The van der Waals surface area contributed by atoms with E-state index in [0.717, 1.165) is 12.1 Å². The van der Waals surface area contributed by atoms with Crippen LogP contribution in [0.1, 0.15) is 45.6 Å². The Morgan fingerprint density at radius 1 is 1.22 bits per heavy atom. The maximum Gasteiger partial charge on any atom is 0.241 e. The molecule has 100 valence electrons. The highest BCUT2D eigenvalue weighted by Crippen LogP contribution is 2.17. The summed E-state index contributed by atoms with van der Waals surface area (Å²) in [7, 11) is 0. The van der Waals surface area contributed by atoms with Gasteiger partial charge in [0.1, 0.15) is 0 Å². The number of nitrogens with two attached hydrogens (primary N) is 1. The lowest BCUT2D eigenvalue weighted by atomic mass is 9.99. The van der Waals surface area contributed by atoms with Crippen LogP contribution in [0.4, 0.5) is 5.69 Å². The molecule has 1 rings (SSSR count). The van der Waals surface area contributed by atoms with Gasteiger partial charge in [0.15, 0.2) is 0 Å². The van der Waals surface area contributed by atoms with Gasteiger partial charge in [-0.1, -0.05) is 46.2 Å². The fourth-order valence-corrected chi connectivity index (χ4v) is 1.69. The molecule has 0 saturated heterocycles. The summed E-state index contributed by atoms with van der Waals surface area (Å²) in [6.45, 7) is 8.32. The third-order valence-electron chi connectivity index (χ3n) is 3.40. The predicted octanol–water partition coefficient (Wildman–Crippen LogP) is 3.12. The first-order valence-electron chi connectivity index (χ1n) is 6.62. The Bertz CT molecular complexity index is 384. The molecule has 18 heavy (non-hydrogen) atoms. The molecule has 1 aromatic rings. The lowest BCUT2D eigenvalue weighted by molar-refractivity contribution is -0.118. The van der Waals surface area contributed by atoms with Gasteiger partial charge in [0.2, 0.25) is 5.91 Å². The average Bonchev–Trinajstić information content (AvgIpc) is 2.37. The van der Waals surface area contributed by atoms with Crippen molar-refractivity contribution in [3.05, 3.63) is 29.8 Å². The van der Waals surface area contributed by atoms with Crippen LogP contribution in [0.3, 0.4) is 0 Å². The molecule has 3 heteroatoms. The lowest BCUT2D eigenvalue weighted by Gasteiger charge is -2.18. The number of amides is 1. The maximum atomic E-state index is 11.9. The van der Waals surface area contributed by atoms with Crippen molar-refractivity contribution >= 4 is 11.6 Å². The minimum atomic E-state index is -0.445. The number of hydrogen-bond acceptors (Lipinski definition) is 2. The Balaban J connectivity index is 2.65. The monoisotopic (exact) mass is 248 g/mol. The van der Waals surface area contributed by atoms with Gasteiger partial charge in [0.25, 0.3) is 0 Å². The van der Waals surface area contributed by atoms with Crippen LogP contribution in [0.15, 0.2) is 24.3 Å². The zero-order valence-electron chi connectivity index (χ0n) is 11.7. The zero-order valence-corrected chi connectivity index (χ0v) is 11.7. The first kappa shape index (κ1) is 14.7. The van der Waals surface area contributed by atoms with E-state index in [1.54, 1.807) is 0 Å². The molecule has 0 unspecified atom stereocenters. The Hall–Kier alpha value is -1.35. The molecule has 0 spiro atoms. The fraction of sp³-hybridized carbons (Fsp3) is 0.533. The summed E-state index contributed by atoms with van der Waals surface area (Å²) in [6, 6.07) is 7.48. The minimum Gasteiger partial charge on any atom is -0.325 e. The fourth-order valence-electron chi connectivity index (χ4n) is 1.69. The third kappa shape index (κ3) is 3.84. The van der Waals surface area contributed by atoms with Gasteiger partial charge in [-0.05, 0) is 29.5 Å². The van der Waals surface area contributed by atoms with Crippen molar-refractivity contribution in [1.29, 1.82) is 0 Å². The second-order valence-electron chi connectivity index (χ2n) is 5.18. The topological polar surface area (TPSA) is 55.1 Å². The number of carbonyl (C=O) groups excluding carboxylic acids is 1. The van der Waals surface area contributed by atoms with Crippen LogP contribution in [-0.2, 0) is 4.79 Å². The summed E-state index contributed by atoms with van der Waals surface area (Å²) in [5.41, 5.74) is 7.96. The Labute approximate surface area is 110 Å². The van der Waals surface area contributed by atoms with Crippen molar-refractivity contribution < 1.29 is 4.79 Å². The summed E-state index contributed by atoms with van der Waals surface area (Å²) >= 11 is 0. The predicted molar refractivity (Wildman–Crippen MR) is 76.6 cm³/mol. The van der Waals surface area contributed by atoms with E-state index in [1.807, 2.05) is 38.1 Å². The number of anilines is 1. The summed E-state index contributed by atoms with van der Waals surface area (Å²) in [6.07, 6.45) is 0.904. The van der Waals surface area contributed by atoms with Crippen molar-refractivity contribution in [2.24, 2.45) is 11.7 Å². The van der Waals surface area contributed by atoms with Gasteiger partial charge in [-0.2, -0.15) is 0 Å². The number of nitrogens with one attached hydrogen (secondary N) is 1. The summed E-state index contributed by atoms with van der Waals surface area (Å²) in [5, 5.41) is 2.86. The second kappa shape index (κ2) is 6.55. The van der Waals surface area contributed by atoms with E-state index in [2.05, 4.69) is 19.2 Å². The lowest BCUT2D eigenvalue weighted by Crippen LogP contribution is -2.40. The van der Waals surface area contributed by atoms with Gasteiger partial charge < -0.3 is 11.1 Å². The van der Waals surface area contributed by atoms with Crippen molar-refractivity contribution in [3.8, 4) is 0 Å². The van der Waals surface area contributed by atoms with E-state index >= 15 is 0 Å². The maximum absolute atomic E-state index is 11.9. The van der Waals surface area contributed by atoms with Crippen LogP contribution < -0.4 is 11.1 Å². The second-order valence-corrected chi connectivity index (χ2v) is 5.18. The molecule has 0 aromatic heterocycles. The molecule has 1 aromatic carbocycles. The third-order valence-corrected chi connectivity index (χ3v) is 3.40. The molecule has 2 atom stereocenters. The molecule has 1 amide bonds. The van der Waals surface area contributed by atoms with E-state index in [4.69, 9.17) is 5.73 Å². The molecule has 0 fully saturated rings. The van der Waals surface area contributed by atoms with Crippen molar-refractivity contribution in [2.75, 3.05) is 5.32 Å². The Kier molecular flexibility index (Phi) is 5.35. The van der Waals surface area contributed by atoms with E-state index in [9.17, 15) is 4.79 Å². The van der Waals surface area contributed by atoms with Crippen LogP contribution in [0.2, 0.25) is 0 Å². The molecule has 3 nitrogen and oxygen atoms in total. The highest BCUT2D eigenvalue weighted by atomic mass is 16.2. The molecule has 3 N–H and O–H groups in total. The molecule has 0 heterocycles. The molecule has 0 saturated carbocycles. The van der Waals surface area contributed by atoms with Gasteiger partial charge in [-0.3, -0.25) is 4.79 Å². The Morgan fingerprint density at radius 2 is 1.78 bits per heavy atom. The van der Waals surface area contributed by atoms with Gasteiger partial charge in [0.05, 0.1) is 6.04 Å². The van der Waals surface area contributed by atoms with E-state index in [-0.39, 0.29) is 11.8 Å². The number of benzene rings is 1. The average molecular weight is 248 g/mol. The van der Waals surface area contributed by atoms with Crippen LogP contribution in [0.25, 0.3) is 0 Å². The first-order chi connectivity index (χ1) is 8.45. The van der Waals surface area contributed by atoms with Crippen molar-refractivity contribution in [3.63, 3.8) is 0 Å². The Morgan fingerprint density at radius 3 is 2.22 bits per heavy atom. The smallest absolute Gasteiger partial charge is 0.241 e. The van der Waals surface area contributed by atoms with E-state index in [1.165, 1.54) is 5.56 Å². The highest BCUT2D eigenvalue weighted by Gasteiger charge is 2.19.